The van der Waals surface area contributed by atoms with E-state index < -0.39 is 25.8 Å². The van der Waals surface area contributed by atoms with Gasteiger partial charge in [-0.3, -0.25) is 9.52 Å². The molecule has 0 aliphatic carbocycles. The van der Waals surface area contributed by atoms with Gasteiger partial charge in [0.25, 0.3) is 0 Å². The van der Waals surface area contributed by atoms with E-state index in [9.17, 15) is 21.6 Å². The smallest absolute Gasteiger partial charge is 0.237 e. The SMILES string of the molecule is CCCS(=O)(=O)NC(=O)Cc1cc(Cl)cc(Oc2ccc(S(=O)(=O)CC)cc2Cl)c1. The van der Waals surface area contributed by atoms with Crippen molar-refractivity contribution < 1.29 is 26.4 Å². The molecular formula is C19H21Cl2NO6S2. The highest BCUT2D eigenvalue weighted by Crippen LogP contribution is 2.33. The van der Waals surface area contributed by atoms with E-state index >= 15 is 0 Å². The summed E-state index contributed by atoms with van der Waals surface area (Å²) < 4.78 is 55.1. The van der Waals surface area contributed by atoms with Crippen molar-refractivity contribution in [2.45, 2.75) is 31.6 Å². The van der Waals surface area contributed by atoms with Crippen molar-refractivity contribution in [1.29, 1.82) is 0 Å². The Kier molecular flexibility index (Phi) is 8.15. The molecule has 0 spiro atoms. The molecule has 0 saturated heterocycles. The quantitative estimate of drug-likeness (QED) is 0.565. The Morgan fingerprint density at radius 1 is 1.03 bits per heavy atom. The number of amides is 1. The molecule has 2 rings (SSSR count). The molecule has 2 aromatic carbocycles. The number of sulfonamides is 1. The first-order valence-electron chi connectivity index (χ1n) is 8.98. The number of hydrogen-bond donors (Lipinski definition) is 1. The molecule has 2 aromatic rings. The Morgan fingerprint density at radius 2 is 1.73 bits per heavy atom. The van der Waals surface area contributed by atoms with Crippen molar-refractivity contribution in [1.82, 2.24) is 4.72 Å². The molecule has 164 valence electrons. The molecule has 0 bridgehead atoms. The van der Waals surface area contributed by atoms with Gasteiger partial charge in [0.15, 0.2) is 9.84 Å². The van der Waals surface area contributed by atoms with Gasteiger partial charge < -0.3 is 4.74 Å². The highest BCUT2D eigenvalue weighted by atomic mass is 35.5. The monoisotopic (exact) mass is 493 g/mol. The summed E-state index contributed by atoms with van der Waals surface area (Å²) in [6.45, 7) is 3.23. The third kappa shape index (κ3) is 6.87. The van der Waals surface area contributed by atoms with Gasteiger partial charge >= 0.3 is 0 Å². The van der Waals surface area contributed by atoms with Crippen molar-refractivity contribution in [3.63, 3.8) is 0 Å². The van der Waals surface area contributed by atoms with Gasteiger partial charge in [0.2, 0.25) is 15.9 Å². The predicted molar refractivity (Wildman–Crippen MR) is 117 cm³/mol. The Balaban J connectivity index is 2.21. The lowest BCUT2D eigenvalue weighted by Gasteiger charge is -2.11. The van der Waals surface area contributed by atoms with E-state index in [-0.39, 0.29) is 44.4 Å². The van der Waals surface area contributed by atoms with Crippen LogP contribution in [0.25, 0.3) is 0 Å². The van der Waals surface area contributed by atoms with Gasteiger partial charge in [-0.15, -0.1) is 0 Å². The minimum atomic E-state index is -3.67. The minimum absolute atomic E-state index is 0.0583. The normalized spacial score (nSPS) is 11.9. The lowest BCUT2D eigenvalue weighted by atomic mass is 10.1. The maximum Gasteiger partial charge on any atom is 0.237 e. The van der Waals surface area contributed by atoms with Gasteiger partial charge in [0.1, 0.15) is 11.5 Å². The van der Waals surface area contributed by atoms with Crippen molar-refractivity contribution in [2.75, 3.05) is 11.5 Å². The minimum Gasteiger partial charge on any atom is -0.456 e. The second kappa shape index (κ2) is 10.00. The molecule has 0 unspecified atom stereocenters. The van der Waals surface area contributed by atoms with E-state index in [1.807, 2.05) is 4.72 Å². The first-order valence-corrected chi connectivity index (χ1v) is 13.0. The predicted octanol–water partition coefficient (Wildman–Crippen LogP) is 3.98. The van der Waals surface area contributed by atoms with Crippen molar-refractivity contribution in [3.05, 3.63) is 52.0 Å². The highest BCUT2D eigenvalue weighted by molar-refractivity contribution is 7.91. The van der Waals surface area contributed by atoms with Crippen LogP contribution in [0.4, 0.5) is 0 Å². The van der Waals surface area contributed by atoms with Crippen LogP contribution in [0.3, 0.4) is 0 Å². The molecule has 1 N–H and O–H groups in total. The number of nitrogens with one attached hydrogen (secondary N) is 1. The van der Waals surface area contributed by atoms with Gasteiger partial charge in [-0.25, -0.2) is 16.8 Å². The first kappa shape index (κ1) is 24.5. The fourth-order valence-electron chi connectivity index (χ4n) is 2.55. The summed E-state index contributed by atoms with van der Waals surface area (Å²) in [5, 5.41) is 0.363. The summed E-state index contributed by atoms with van der Waals surface area (Å²) in [5.41, 5.74) is 0.433. The van der Waals surface area contributed by atoms with Crippen LogP contribution in [-0.2, 0) is 31.1 Å². The maximum absolute atomic E-state index is 12.0. The second-order valence-electron chi connectivity index (χ2n) is 6.41. The molecule has 0 aliphatic heterocycles. The van der Waals surface area contributed by atoms with Crippen LogP contribution < -0.4 is 9.46 Å². The molecule has 0 saturated carbocycles. The largest absolute Gasteiger partial charge is 0.456 e. The van der Waals surface area contributed by atoms with Crippen LogP contribution >= 0.6 is 23.2 Å². The molecule has 11 heteroatoms. The number of benzene rings is 2. The molecule has 1 amide bonds. The van der Waals surface area contributed by atoms with Crippen LogP contribution in [0, 0.1) is 0 Å². The van der Waals surface area contributed by atoms with E-state index in [4.69, 9.17) is 27.9 Å². The van der Waals surface area contributed by atoms with Gasteiger partial charge in [0.05, 0.1) is 27.8 Å². The molecule has 0 atom stereocenters. The zero-order valence-corrected chi connectivity index (χ0v) is 19.5. The van der Waals surface area contributed by atoms with Gasteiger partial charge in [-0.2, -0.15) is 0 Å². The molecule has 30 heavy (non-hydrogen) atoms. The zero-order chi connectivity index (χ0) is 22.5. The molecule has 0 aromatic heterocycles. The van der Waals surface area contributed by atoms with Gasteiger partial charge in [-0.1, -0.05) is 37.0 Å². The Bertz CT molecular complexity index is 1150. The van der Waals surface area contributed by atoms with Crippen LogP contribution in [0.15, 0.2) is 41.3 Å². The summed E-state index contributed by atoms with van der Waals surface area (Å²) in [6, 6.07) is 8.63. The van der Waals surface area contributed by atoms with Gasteiger partial charge in [0, 0.05) is 5.02 Å². The van der Waals surface area contributed by atoms with E-state index in [0.717, 1.165) is 0 Å². The Morgan fingerprint density at radius 3 is 2.33 bits per heavy atom. The molecule has 0 heterocycles. The average Bonchev–Trinajstić information content (AvgIpc) is 2.62. The van der Waals surface area contributed by atoms with Crippen LogP contribution in [0.2, 0.25) is 10.0 Å². The fraction of sp³-hybridized carbons (Fsp3) is 0.316. The molecule has 0 aliphatic rings. The van der Waals surface area contributed by atoms with Crippen molar-refractivity contribution in [2.24, 2.45) is 0 Å². The van der Waals surface area contributed by atoms with Crippen molar-refractivity contribution in [3.8, 4) is 11.5 Å². The maximum atomic E-state index is 12.0. The summed E-state index contributed by atoms with van der Waals surface area (Å²) in [6.07, 6.45) is 0.165. The number of carbonyl (C=O) groups excluding carboxylic acids is 1. The summed E-state index contributed by atoms with van der Waals surface area (Å²) in [4.78, 5) is 12.1. The Hall–Kier alpha value is -1.81. The average molecular weight is 494 g/mol. The fourth-order valence-corrected chi connectivity index (χ4v) is 5.04. The molecule has 0 fully saturated rings. The second-order valence-corrected chi connectivity index (χ2v) is 11.4. The number of sulfone groups is 1. The van der Waals surface area contributed by atoms with E-state index in [2.05, 4.69) is 0 Å². The van der Waals surface area contributed by atoms with Gasteiger partial charge in [-0.05, 0) is 48.4 Å². The van der Waals surface area contributed by atoms with Crippen LogP contribution in [0.1, 0.15) is 25.8 Å². The molecular weight excluding hydrogens is 473 g/mol. The summed E-state index contributed by atoms with van der Waals surface area (Å²) >= 11 is 12.2. The van der Waals surface area contributed by atoms with Crippen LogP contribution in [-0.4, -0.2) is 34.2 Å². The Labute approximate surface area is 186 Å². The molecule has 7 nitrogen and oxygen atoms in total. The number of hydrogen-bond acceptors (Lipinski definition) is 6. The zero-order valence-electron chi connectivity index (χ0n) is 16.3. The highest BCUT2D eigenvalue weighted by Gasteiger charge is 2.16. The number of ether oxygens (including phenoxy) is 1. The molecule has 0 radical (unpaired) electrons. The standard InChI is InChI=1S/C19H21Cl2NO6S2/c1-3-7-30(26,27)22-19(23)10-13-8-14(20)11-15(9-13)28-18-6-5-16(12-17(18)21)29(24,25)4-2/h5-6,8-9,11-12H,3-4,7,10H2,1-2H3,(H,22,23). The van der Waals surface area contributed by atoms with E-state index in [1.54, 1.807) is 6.92 Å². The van der Waals surface area contributed by atoms with E-state index in [1.165, 1.54) is 43.3 Å². The third-order valence-electron chi connectivity index (χ3n) is 3.91. The number of carbonyl (C=O) groups is 1. The number of halogens is 2. The van der Waals surface area contributed by atoms with Crippen LogP contribution in [0.5, 0.6) is 11.5 Å². The van der Waals surface area contributed by atoms with E-state index in [0.29, 0.717) is 12.0 Å². The topological polar surface area (TPSA) is 107 Å². The first-order chi connectivity index (χ1) is 14.0. The third-order valence-corrected chi connectivity index (χ3v) is 7.64. The van der Waals surface area contributed by atoms with Crippen molar-refractivity contribution >= 4 is 49.0 Å². The lowest BCUT2D eigenvalue weighted by Crippen LogP contribution is -2.33. The summed E-state index contributed by atoms with van der Waals surface area (Å²) in [5.74, 6) is -0.435. The summed E-state index contributed by atoms with van der Waals surface area (Å²) in [7, 11) is -7.09. The number of rotatable bonds is 9. The lowest BCUT2D eigenvalue weighted by molar-refractivity contribution is -0.118.